The smallest absolute Gasteiger partial charge is 0.282 e. The van der Waals surface area contributed by atoms with E-state index in [1.807, 2.05) is 47.4 Å². The van der Waals surface area contributed by atoms with Crippen LogP contribution in [-0.2, 0) is 9.59 Å². The predicted molar refractivity (Wildman–Crippen MR) is 120 cm³/mol. The molecule has 4 nitrogen and oxygen atoms in total. The van der Waals surface area contributed by atoms with Gasteiger partial charge in [-0.05, 0) is 47.9 Å². The Morgan fingerprint density at radius 3 is 2.42 bits per heavy atom. The number of hydrogen-bond acceptors (Lipinski definition) is 3. The molecule has 0 bridgehead atoms. The molecule has 3 aromatic carbocycles. The van der Waals surface area contributed by atoms with Gasteiger partial charge in [0.15, 0.2) is 0 Å². The van der Waals surface area contributed by atoms with Crippen LogP contribution in [0.2, 0.25) is 0 Å². The lowest BCUT2D eigenvalue weighted by Crippen LogP contribution is -2.39. The number of rotatable bonds is 3. The number of hydrogen-bond donors (Lipinski definition) is 0. The standard InChI is InChI=1S/C26H23FN2O2/c1-17-6-5-15-28(16-17)24-23(19-11-13-20(27)14-12-19)25(30)29(26(24)31)22-10-4-8-18-7-2-3-9-21(18)22/h2-4,7-14,17H,5-6,15-16H2,1H3. The molecule has 1 saturated heterocycles. The number of imide groups is 1. The van der Waals surface area contributed by atoms with Crippen LogP contribution >= 0.6 is 0 Å². The summed E-state index contributed by atoms with van der Waals surface area (Å²) in [6.45, 7) is 3.61. The Balaban J connectivity index is 1.67. The number of fused-ring (bicyclic) bond motifs is 1. The van der Waals surface area contributed by atoms with Crippen molar-refractivity contribution in [3.63, 3.8) is 0 Å². The summed E-state index contributed by atoms with van der Waals surface area (Å²) in [5.41, 5.74) is 1.92. The number of anilines is 1. The third-order valence-electron chi connectivity index (χ3n) is 6.17. The van der Waals surface area contributed by atoms with E-state index in [4.69, 9.17) is 0 Å². The number of amides is 2. The van der Waals surface area contributed by atoms with Crippen LogP contribution < -0.4 is 4.90 Å². The van der Waals surface area contributed by atoms with Gasteiger partial charge in [0.25, 0.3) is 11.8 Å². The maximum atomic E-state index is 13.7. The summed E-state index contributed by atoms with van der Waals surface area (Å²) in [5, 5.41) is 1.81. The molecule has 0 radical (unpaired) electrons. The Morgan fingerprint density at radius 1 is 0.903 bits per heavy atom. The average Bonchev–Trinajstić information content (AvgIpc) is 3.04. The third kappa shape index (κ3) is 3.30. The largest absolute Gasteiger partial charge is 0.366 e. The molecule has 156 valence electrons. The molecule has 2 aliphatic heterocycles. The molecule has 2 heterocycles. The lowest BCUT2D eigenvalue weighted by Gasteiger charge is -2.33. The van der Waals surface area contributed by atoms with Gasteiger partial charge >= 0.3 is 0 Å². The molecular weight excluding hydrogens is 391 g/mol. The van der Waals surface area contributed by atoms with E-state index in [-0.39, 0.29) is 17.6 Å². The van der Waals surface area contributed by atoms with Gasteiger partial charge in [0.1, 0.15) is 11.5 Å². The quantitative estimate of drug-likeness (QED) is 0.567. The maximum absolute atomic E-state index is 13.7. The molecule has 1 unspecified atom stereocenters. The van der Waals surface area contributed by atoms with Gasteiger partial charge in [0.2, 0.25) is 0 Å². The van der Waals surface area contributed by atoms with E-state index in [9.17, 15) is 14.0 Å². The highest BCUT2D eigenvalue weighted by Crippen LogP contribution is 2.38. The zero-order valence-corrected chi connectivity index (χ0v) is 17.3. The van der Waals surface area contributed by atoms with Crippen LogP contribution in [0.4, 0.5) is 10.1 Å². The van der Waals surface area contributed by atoms with Gasteiger partial charge in [-0.1, -0.05) is 55.5 Å². The third-order valence-corrected chi connectivity index (χ3v) is 6.17. The Labute approximate surface area is 180 Å². The minimum atomic E-state index is -0.375. The maximum Gasteiger partial charge on any atom is 0.282 e. The molecule has 1 atom stereocenters. The number of piperidine rings is 1. The van der Waals surface area contributed by atoms with Gasteiger partial charge in [-0.2, -0.15) is 0 Å². The van der Waals surface area contributed by atoms with Gasteiger partial charge < -0.3 is 4.90 Å². The van der Waals surface area contributed by atoms with Gasteiger partial charge in [0.05, 0.1) is 11.3 Å². The van der Waals surface area contributed by atoms with Crippen LogP contribution in [0.5, 0.6) is 0 Å². The summed E-state index contributed by atoms with van der Waals surface area (Å²) < 4.78 is 13.6. The van der Waals surface area contributed by atoms with Gasteiger partial charge in [0, 0.05) is 18.5 Å². The molecule has 5 rings (SSSR count). The van der Waals surface area contributed by atoms with Crippen LogP contribution in [0, 0.1) is 11.7 Å². The van der Waals surface area contributed by atoms with Crippen molar-refractivity contribution in [2.45, 2.75) is 19.8 Å². The Bertz CT molecular complexity index is 1210. The van der Waals surface area contributed by atoms with Crippen LogP contribution in [0.1, 0.15) is 25.3 Å². The molecule has 1 fully saturated rings. The summed E-state index contributed by atoms with van der Waals surface area (Å²) in [4.78, 5) is 30.8. The van der Waals surface area contributed by atoms with E-state index in [0.29, 0.717) is 28.4 Å². The SMILES string of the molecule is CC1CCCN(C2=C(c3ccc(F)cc3)C(=O)N(c3cccc4ccccc34)C2=O)C1. The monoisotopic (exact) mass is 414 g/mol. The molecule has 0 spiro atoms. The molecule has 0 aliphatic carbocycles. The number of halogens is 1. The van der Waals surface area contributed by atoms with Gasteiger partial charge in [-0.25, -0.2) is 9.29 Å². The fourth-order valence-electron chi connectivity index (χ4n) is 4.70. The molecule has 0 saturated carbocycles. The molecule has 2 aliphatic rings. The van der Waals surface area contributed by atoms with Crippen molar-refractivity contribution in [3.8, 4) is 0 Å². The molecule has 2 amide bonds. The number of likely N-dealkylation sites (tertiary alicyclic amines) is 1. The molecule has 0 aromatic heterocycles. The van der Waals surface area contributed by atoms with Crippen LogP contribution in [0.15, 0.2) is 72.4 Å². The molecular formula is C26H23FN2O2. The lowest BCUT2D eigenvalue weighted by atomic mass is 9.98. The highest BCUT2D eigenvalue weighted by Gasteiger charge is 2.43. The van der Waals surface area contributed by atoms with Crippen molar-refractivity contribution in [1.29, 1.82) is 0 Å². The summed E-state index contributed by atoms with van der Waals surface area (Å²) in [7, 11) is 0. The number of nitrogens with zero attached hydrogens (tertiary/aromatic N) is 2. The van der Waals surface area contributed by atoms with Crippen LogP contribution in [0.3, 0.4) is 0 Å². The number of carbonyl (C=O) groups is 2. The van der Waals surface area contributed by atoms with E-state index in [2.05, 4.69) is 6.92 Å². The van der Waals surface area contributed by atoms with E-state index in [1.165, 1.54) is 17.0 Å². The van der Waals surface area contributed by atoms with Crippen molar-refractivity contribution in [3.05, 3.63) is 83.8 Å². The van der Waals surface area contributed by atoms with E-state index >= 15 is 0 Å². The Kier molecular flexibility index (Phi) is 4.81. The average molecular weight is 414 g/mol. The summed E-state index contributed by atoms with van der Waals surface area (Å²) >= 11 is 0. The predicted octanol–water partition coefficient (Wildman–Crippen LogP) is 5.00. The van der Waals surface area contributed by atoms with Crippen LogP contribution in [-0.4, -0.2) is 29.8 Å². The zero-order chi connectivity index (χ0) is 21.5. The van der Waals surface area contributed by atoms with Crippen LogP contribution in [0.25, 0.3) is 16.3 Å². The Hall–Kier alpha value is -3.47. The van der Waals surface area contributed by atoms with E-state index < -0.39 is 0 Å². The van der Waals surface area contributed by atoms with Gasteiger partial charge in [-0.3, -0.25) is 9.59 Å². The summed E-state index contributed by atoms with van der Waals surface area (Å²) in [5.74, 6) is -0.610. The van der Waals surface area contributed by atoms with Crippen molar-refractivity contribution in [2.24, 2.45) is 5.92 Å². The van der Waals surface area contributed by atoms with E-state index in [0.717, 1.165) is 36.7 Å². The second-order valence-corrected chi connectivity index (χ2v) is 8.37. The molecule has 3 aromatic rings. The van der Waals surface area contributed by atoms with E-state index in [1.54, 1.807) is 12.1 Å². The first-order chi connectivity index (χ1) is 15.0. The molecule has 5 heteroatoms. The first-order valence-corrected chi connectivity index (χ1v) is 10.7. The minimum Gasteiger partial charge on any atom is -0.366 e. The summed E-state index contributed by atoms with van der Waals surface area (Å²) in [6, 6.07) is 19.2. The zero-order valence-electron chi connectivity index (χ0n) is 17.3. The fraction of sp³-hybridized carbons (Fsp3) is 0.231. The normalized spacial score (nSPS) is 19.6. The minimum absolute atomic E-state index is 0.310. The second kappa shape index (κ2) is 7.65. The highest BCUT2D eigenvalue weighted by atomic mass is 19.1. The summed E-state index contributed by atoms with van der Waals surface area (Å²) in [6.07, 6.45) is 2.07. The topological polar surface area (TPSA) is 40.6 Å². The first kappa shape index (κ1) is 19.5. The molecule has 31 heavy (non-hydrogen) atoms. The Morgan fingerprint density at radius 2 is 1.65 bits per heavy atom. The second-order valence-electron chi connectivity index (χ2n) is 8.37. The molecule has 0 N–H and O–H groups in total. The van der Waals surface area contributed by atoms with Gasteiger partial charge in [-0.15, -0.1) is 0 Å². The van der Waals surface area contributed by atoms with Crippen molar-refractivity contribution >= 4 is 33.8 Å². The van der Waals surface area contributed by atoms with Crippen molar-refractivity contribution < 1.29 is 14.0 Å². The highest BCUT2D eigenvalue weighted by molar-refractivity contribution is 6.46. The lowest BCUT2D eigenvalue weighted by molar-refractivity contribution is -0.120. The van der Waals surface area contributed by atoms with Crippen molar-refractivity contribution in [1.82, 2.24) is 4.90 Å². The first-order valence-electron chi connectivity index (χ1n) is 10.7. The van der Waals surface area contributed by atoms with Crippen molar-refractivity contribution in [2.75, 3.05) is 18.0 Å². The fourth-order valence-corrected chi connectivity index (χ4v) is 4.70. The number of benzene rings is 3. The number of carbonyl (C=O) groups excluding carboxylic acids is 2.